The number of carbonyl (C=O) groups excluding carboxylic acids is 1. The number of aliphatic hydroxyl groups is 1. The molecule has 0 aromatic heterocycles. The Hall–Kier alpha value is -1.02. The van der Waals surface area contributed by atoms with Crippen molar-refractivity contribution in [2.45, 2.75) is 238 Å². The van der Waals surface area contributed by atoms with Crippen LogP contribution in [0.2, 0.25) is 0 Å². The van der Waals surface area contributed by atoms with Crippen molar-refractivity contribution in [2.75, 3.05) is 40.9 Å². The van der Waals surface area contributed by atoms with Crippen molar-refractivity contribution < 1.29 is 32.9 Å². The molecule has 0 aliphatic heterocycles. The summed E-state index contributed by atoms with van der Waals surface area (Å²) in [7, 11) is 1.26. The van der Waals surface area contributed by atoms with E-state index < -0.39 is 20.0 Å². The summed E-state index contributed by atoms with van der Waals surface area (Å²) < 4.78 is 23.2. The van der Waals surface area contributed by atoms with E-state index in [0.717, 1.165) is 64.2 Å². The highest BCUT2D eigenvalue weighted by atomic mass is 31.2. The SMILES string of the molecule is CCC/C=C\CCCCCCCC(=O)NC(COP(=O)([O-])OCC[N+](C)(C)C)C(O)/C=C/CCCCCCCCCCCCCCCCCCCCCCCCC. The first-order chi connectivity index (χ1) is 27.5. The molecule has 8 nitrogen and oxygen atoms in total. The van der Waals surface area contributed by atoms with E-state index in [-0.39, 0.29) is 19.1 Å². The van der Waals surface area contributed by atoms with E-state index in [1.165, 1.54) is 141 Å². The Bertz CT molecular complexity index is 984. The third-order valence-corrected chi connectivity index (χ3v) is 11.9. The maximum atomic E-state index is 12.8. The highest BCUT2D eigenvalue weighted by molar-refractivity contribution is 7.45. The van der Waals surface area contributed by atoms with Gasteiger partial charge in [-0.05, 0) is 38.5 Å². The van der Waals surface area contributed by atoms with Crippen LogP contribution in [0.15, 0.2) is 24.3 Å². The molecule has 2 N–H and O–H groups in total. The van der Waals surface area contributed by atoms with Crippen LogP contribution in [0.3, 0.4) is 0 Å². The molecule has 3 atom stereocenters. The standard InChI is InChI=1S/C48H95N2O6P/c1-6-8-10-12-14-16-18-19-20-21-22-23-24-25-26-27-28-29-30-31-32-33-35-37-39-41-47(51)46(45-56-57(53,54)55-44-43-50(3,4)5)49-48(52)42-40-38-36-34-17-15-13-11-9-7-2/h11,13,39,41,46-47,51H,6-10,12,14-38,40,42-45H2,1-5H3,(H-,49,52,53,54)/b13-11-,41-39+. The number of hydrogen-bond acceptors (Lipinski definition) is 6. The van der Waals surface area contributed by atoms with Crippen molar-refractivity contribution in [1.82, 2.24) is 5.32 Å². The van der Waals surface area contributed by atoms with Crippen LogP contribution in [0.4, 0.5) is 0 Å². The molecule has 0 bridgehead atoms. The maximum absolute atomic E-state index is 12.8. The van der Waals surface area contributed by atoms with Gasteiger partial charge in [0.05, 0.1) is 39.9 Å². The van der Waals surface area contributed by atoms with E-state index in [4.69, 9.17) is 9.05 Å². The largest absolute Gasteiger partial charge is 0.756 e. The average Bonchev–Trinajstić information content (AvgIpc) is 3.16. The second-order valence-electron chi connectivity index (χ2n) is 17.8. The third-order valence-electron chi connectivity index (χ3n) is 10.9. The van der Waals surface area contributed by atoms with Gasteiger partial charge in [0.1, 0.15) is 13.2 Å². The summed E-state index contributed by atoms with van der Waals surface area (Å²) in [5, 5.41) is 13.8. The van der Waals surface area contributed by atoms with Crippen molar-refractivity contribution in [2.24, 2.45) is 0 Å². The number of rotatable bonds is 44. The smallest absolute Gasteiger partial charge is 0.268 e. The summed E-state index contributed by atoms with van der Waals surface area (Å²) in [6, 6.07) is -0.887. The Labute approximate surface area is 354 Å². The molecular formula is C48H95N2O6P. The fourth-order valence-corrected chi connectivity index (χ4v) is 7.76. The van der Waals surface area contributed by atoms with Gasteiger partial charge in [0.25, 0.3) is 7.82 Å². The molecule has 0 aliphatic carbocycles. The van der Waals surface area contributed by atoms with E-state index in [9.17, 15) is 19.4 Å². The van der Waals surface area contributed by atoms with Crippen molar-refractivity contribution >= 4 is 13.7 Å². The molecule has 9 heteroatoms. The highest BCUT2D eigenvalue weighted by Gasteiger charge is 2.23. The van der Waals surface area contributed by atoms with Crippen molar-refractivity contribution in [3.8, 4) is 0 Å². The predicted octanol–water partition coefficient (Wildman–Crippen LogP) is 13.1. The number of phosphoric acid groups is 1. The van der Waals surface area contributed by atoms with Crippen LogP contribution in [-0.2, 0) is 18.4 Å². The van der Waals surface area contributed by atoms with Gasteiger partial charge in [-0.1, -0.05) is 205 Å². The second-order valence-corrected chi connectivity index (χ2v) is 19.2. The van der Waals surface area contributed by atoms with Crippen LogP contribution >= 0.6 is 7.82 Å². The van der Waals surface area contributed by atoms with E-state index in [0.29, 0.717) is 17.4 Å². The summed E-state index contributed by atoms with van der Waals surface area (Å²) in [5.74, 6) is -0.208. The monoisotopic (exact) mass is 827 g/mol. The Morgan fingerprint density at radius 2 is 1.00 bits per heavy atom. The summed E-state index contributed by atoms with van der Waals surface area (Å²) in [4.78, 5) is 25.2. The number of allylic oxidation sites excluding steroid dienone is 3. The molecule has 0 fully saturated rings. The fraction of sp³-hybridized carbons (Fsp3) is 0.896. The number of unbranched alkanes of at least 4 members (excludes halogenated alkanes) is 29. The molecule has 0 radical (unpaired) electrons. The van der Waals surface area contributed by atoms with Gasteiger partial charge in [0.2, 0.25) is 5.91 Å². The van der Waals surface area contributed by atoms with E-state index >= 15 is 0 Å². The average molecular weight is 827 g/mol. The zero-order valence-corrected chi connectivity index (χ0v) is 39.2. The van der Waals surface area contributed by atoms with Crippen LogP contribution in [0, 0.1) is 0 Å². The molecule has 0 rings (SSSR count). The predicted molar refractivity (Wildman–Crippen MR) is 242 cm³/mol. The lowest BCUT2D eigenvalue weighted by atomic mass is 10.0. The normalized spacial score (nSPS) is 14.4. The molecule has 0 aromatic rings. The quantitative estimate of drug-likeness (QED) is 0.0274. The number of likely N-dealkylation sites (N-methyl/N-ethyl adjacent to an activating group) is 1. The first-order valence-corrected chi connectivity index (χ1v) is 25.7. The van der Waals surface area contributed by atoms with Gasteiger partial charge in [-0.15, -0.1) is 0 Å². The number of nitrogens with zero attached hydrogens (tertiary/aromatic N) is 1. The van der Waals surface area contributed by atoms with Crippen LogP contribution in [0.1, 0.15) is 226 Å². The van der Waals surface area contributed by atoms with Crippen LogP contribution in [-0.4, -0.2) is 68.5 Å². The number of nitrogens with one attached hydrogen (secondary N) is 1. The molecule has 1 amide bonds. The van der Waals surface area contributed by atoms with E-state index in [2.05, 4.69) is 31.3 Å². The summed E-state index contributed by atoms with van der Waals surface area (Å²) in [5.41, 5.74) is 0. The number of aliphatic hydroxyl groups excluding tert-OH is 1. The van der Waals surface area contributed by atoms with Crippen LogP contribution in [0.25, 0.3) is 0 Å². The molecule has 3 unspecified atom stereocenters. The van der Waals surface area contributed by atoms with Crippen LogP contribution in [0.5, 0.6) is 0 Å². The van der Waals surface area contributed by atoms with Gasteiger partial charge in [0.15, 0.2) is 0 Å². The van der Waals surface area contributed by atoms with Gasteiger partial charge in [-0.2, -0.15) is 0 Å². The third kappa shape index (κ3) is 42.9. The highest BCUT2D eigenvalue weighted by Crippen LogP contribution is 2.38. The number of hydrogen-bond donors (Lipinski definition) is 2. The molecule has 0 heterocycles. The number of phosphoric ester groups is 1. The van der Waals surface area contributed by atoms with Crippen LogP contribution < -0.4 is 10.2 Å². The van der Waals surface area contributed by atoms with Gasteiger partial charge in [-0.25, -0.2) is 0 Å². The van der Waals surface area contributed by atoms with Gasteiger partial charge in [0, 0.05) is 6.42 Å². The minimum Gasteiger partial charge on any atom is -0.756 e. The van der Waals surface area contributed by atoms with Gasteiger partial charge >= 0.3 is 0 Å². The molecule has 338 valence electrons. The van der Waals surface area contributed by atoms with Crippen molar-refractivity contribution in [3.63, 3.8) is 0 Å². The number of amides is 1. The second kappa shape index (κ2) is 40.4. The first-order valence-electron chi connectivity index (χ1n) is 24.2. The Morgan fingerprint density at radius 1 is 0.596 bits per heavy atom. The molecule has 0 saturated carbocycles. The zero-order valence-electron chi connectivity index (χ0n) is 38.3. The maximum Gasteiger partial charge on any atom is 0.268 e. The summed E-state index contributed by atoms with van der Waals surface area (Å²) >= 11 is 0. The van der Waals surface area contributed by atoms with Crippen molar-refractivity contribution in [3.05, 3.63) is 24.3 Å². The van der Waals surface area contributed by atoms with Crippen molar-refractivity contribution in [1.29, 1.82) is 0 Å². The summed E-state index contributed by atoms with van der Waals surface area (Å²) in [6.45, 7) is 4.59. The molecule has 0 saturated heterocycles. The van der Waals surface area contributed by atoms with Gasteiger partial charge in [-0.3, -0.25) is 9.36 Å². The zero-order chi connectivity index (χ0) is 42.1. The topological polar surface area (TPSA) is 108 Å². The number of carbonyl (C=O) groups is 1. The fourth-order valence-electron chi connectivity index (χ4n) is 7.04. The first kappa shape index (κ1) is 56.0. The Morgan fingerprint density at radius 3 is 1.44 bits per heavy atom. The summed E-state index contributed by atoms with van der Waals surface area (Å²) in [6.07, 6.45) is 48.2. The Balaban J connectivity index is 4.19. The lowest BCUT2D eigenvalue weighted by molar-refractivity contribution is -0.870. The minimum absolute atomic E-state index is 0.00164. The molecular weight excluding hydrogens is 732 g/mol. The molecule has 0 aliphatic rings. The number of quaternary nitrogens is 1. The molecule has 57 heavy (non-hydrogen) atoms. The van der Waals surface area contributed by atoms with E-state index in [1.807, 2.05) is 27.2 Å². The Kier molecular flexibility index (Phi) is 39.7. The minimum atomic E-state index is -4.58. The molecule has 0 aromatic carbocycles. The lowest BCUT2D eigenvalue weighted by Gasteiger charge is -2.29. The molecule has 0 spiro atoms. The lowest BCUT2D eigenvalue weighted by Crippen LogP contribution is -2.45. The van der Waals surface area contributed by atoms with Gasteiger partial charge < -0.3 is 28.8 Å². The van der Waals surface area contributed by atoms with E-state index in [1.54, 1.807) is 6.08 Å².